The van der Waals surface area contributed by atoms with Gasteiger partial charge in [-0.3, -0.25) is 0 Å². The van der Waals surface area contributed by atoms with Gasteiger partial charge in [0.2, 0.25) is 21.7 Å². The SMILES string of the molecule is CS(=O)(=O)NC1CCN(CCCc2nc(-c3cccs3)no2)CC1. The molecule has 0 bridgehead atoms. The van der Waals surface area contributed by atoms with Crippen molar-refractivity contribution in [3.05, 3.63) is 23.4 Å². The molecule has 1 saturated heterocycles. The molecule has 3 rings (SSSR count). The molecule has 0 aromatic carbocycles. The first-order valence-electron chi connectivity index (χ1n) is 8.06. The average molecular weight is 371 g/mol. The fourth-order valence-electron chi connectivity index (χ4n) is 2.89. The molecule has 0 spiro atoms. The predicted octanol–water partition coefficient (Wildman–Crippen LogP) is 1.74. The Morgan fingerprint density at radius 2 is 2.21 bits per heavy atom. The van der Waals surface area contributed by atoms with Gasteiger partial charge in [0.05, 0.1) is 11.1 Å². The van der Waals surface area contributed by atoms with Crippen molar-refractivity contribution in [2.75, 3.05) is 25.9 Å². The summed E-state index contributed by atoms with van der Waals surface area (Å²) in [6.07, 6.45) is 4.65. The van der Waals surface area contributed by atoms with Crippen molar-refractivity contribution in [3.8, 4) is 10.7 Å². The highest BCUT2D eigenvalue weighted by molar-refractivity contribution is 7.88. The minimum absolute atomic E-state index is 0.0699. The molecule has 2 aromatic heterocycles. The van der Waals surface area contributed by atoms with Crippen LogP contribution in [0.15, 0.2) is 22.0 Å². The van der Waals surface area contributed by atoms with Crippen LogP contribution in [-0.2, 0) is 16.4 Å². The number of rotatable bonds is 7. The van der Waals surface area contributed by atoms with E-state index in [4.69, 9.17) is 4.52 Å². The predicted molar refractivity (Wildman–Crippen MR) is 93.4 cm³/mol. The van der Waals surface area contributed by atoms with Gasteiger partial charge >= 0.3 is 0 Å². The monoisotopic (exact) mass is 370 g/mol. The summed E-state index contributed by atoms with van der Waals surface area (Å²) in [5.74, 6) is 1.33. The first-order valence-corrected chi connectivity index (χ1v) is 10.8. The Morgan fingerprint density at radius 3 is 2.88 bits per heavy atom. The number of aryl methyl sites for hydroxylation is 1. The third-order valence-electron chi connectivity index (χ3n) is 4.04. The lowest BCUT2D eigenvalue weighted by molar-refractivity contribution is 0.203. The lowest BCUT2D eigenvalue weighted by atomic mass is 10.1. The van der Waals surface area contributed by atoms with Gasteiger partial charge in [0.25, 0.3) is 0 Å². The van der Waals surface area contributed by atoms with E-state index in [2.05, 4.69) is 19.8 Å². The zero-order chi connectivity index (χ0) is 17.0. The van der Waals surface area contributed by atoms with Crippen LogP contribution in [0, 0.1) is 0 Å². The molecular formula is C15H22N4O3S2. The van der Waals surface area contributed by atoms with E-state index in [9.17, 15) is 8.42 Å². The number of nitrogens with one attached hydrogen (secondary N) is 1. The third-order valence-corrected chi connectivity index (χ3v) is 5.67. The van der Waals surface area contributed by atoms with Gasteiger partial charge in [0, 0.05) is 12.5 Å². The molecule has 0 aliphatic carbocycles. The van der Waals surface area contributed by atoms with Crippen LogP contribution in [0.2, 0.25) is 0 Å². The maximum Gasteiger partial charge on any atom is 0.227 e. The molecule has 1 aliphatic heterocycles. The molecule has 3 heterocycles. The summed E-state index contributed by atoms with van der Waals surface area (Å²) in [6, 6.07) is 4.02. The van der Waals surface area contributed by atoms with Crippen LogP contribution < -0.4 is 4.72 Å². The van der Waals surface area contributed by atoms with Crippen molar-refractivity contribution in [3.63, 3.8) is 0 Å². The molecular weight excluding hydrogens is 348 g/mol. The Balaban J connectivity index is 1.39. The van der Waals surface area contributed by atoms with Gasteiger partial charge in [-0.05, 0) is 50.3 Å². The number of nitrogens with zero attached hydrogens (tertiary/aromatic N) is 3. The number of sulfonamides is 1. The first-order chi connectivity index (χ1) is 11.5. The molecule has 24 heavy (non-hydrogen) atoms. The Morgan fingerprint density at radius 1 is 1.42 bits per heavy atom. The molecule has 1 N–H and O–H groups in total. The van der Waals surface area contributed by atoms with Crippen molar-refractivity contribution in [1.29, 1.82) is 0 Å². The van der Waals surface area contributed by atoms with E-state index >= 15 is 0 Å². The van der Waals surface area contributed by atoms with Crippen molar-refractivity contribution in [2.45, 2.75) is 31.7 Å². The highest BCUT2D eigenvalue weighted by atomic mass is 32.2. The van der Waals surface area contributed by atoms with Crippen molar-refractivity contribution in [1.82, 2.24) is 19.8 Å². The summed E-state index contributed by atoms with van der Waals surface area (Å²) in [6.45, 7) is 2.79. The number of aromatic nitrogens is 2. The summed E-state index contributed by atoms with van der Waals surface area (Å²) in [5.41, 5.74) is 0. The third kappa shape index (κ3) is 5.10. The van der Waals surface area contributed by atoms with E-state index in [0.29, 0.717) is 11.7 Å². The van der Waals surface area contributed by atoms with E-state index in [-0.39, 0.29) is 6.04 Å². The molecule has 1 fully saturated rings. The van der Waals surface area contributed by atoms with Crippen molar-refractivity contribution >= 4 is 21.4 Å². The van der Waals surface area contributed by atoms with Crippen LogP contribution in [0.4, 0.5) is 0 Å². The zero-order valence-corrected chi connectivity index (χ0v) is 15.3. The van der Waals surface area contributed by atoms with Crippen LogP contribution in [0.5, 0.6) is 0 Å². The Kier molecular flexibility index (Phi) is 5.65. The van der Waals surface area contributed by atoms with Gasteiger partial charge < -0.3 is 9.42 Å². The Labute approximate surface area is 146 Å². The van der Waals surface area contributed by atoms with Gasteiger partial charge in [-0.25, -0.2) is 13.1 Å². The van der Waals surface area contributed by atoms with Gasteiger partial charge in [-0.1, -0.05) is 11.2 Å². The number of thiophene rings is 1. The summed E-state index contributed by atoms with van der Waals surface area (Å²) >= 11 is 1.60. The van der Waals surface area contributed by atoms with E-state index in [1.807, 2.05) is 17.5 Å². The summed E-state index contributed by atoms with van der Waals surface area (Å²) in [4.78, 5) is 7.80. The molecule has 9 heteroatoms. The summed E-state index contributed by atoms with van der Waals surface area (Å²) in [7, 11) is -3.11. The lowest BCUT2D eigenvalue weighted by Gasteiger charge is -2.31. The minimum atomic E-state index is -3.11. The average Bonchev–Trinajstić information content (AvgIpc) is 3.18. The zero-order valence-electron chi connectivity index (χ0n) is 13.6. The maximum absolute atomic E-state index is 11.2. The second-order valence-corrected chi connectivity index (χ2v) is 8.83. The summed E-state index contributed by atoms with van der Waals surface area (Å²) < 4.78 is 30.5. The Hall–Kier alpha value is -1.29. The van der Waals surface area contributed by atoms with E-state index < -0.39 is 10.0 Å². The number of likely N-dealkylation sites (tertiary alicyclic amines) is 1. The normalized spacial score (nSPS) is 17.4. The standard InChI is InChI=1S/C15H22N4O3S2/c1-24(20,21)18-12-6-9-19(10-7-12)8-2-5-14-16-15(17-22-14)13-4-3-11-23-13/h3-4,11-12,18H,2,5-10H2,1H3. The molecule has 0 unspecified atom stereocenters. The van der Waals surface area contributed by atoms with Gasteiger partial charge in [0.1, 0.15) is 0 Å². The number of hydrogen-bond donors (Lipinski definition) is 1. The molecule has 7 nitrogen and oxygen atoms in total. The van der Waals surface area contributed by atoms with Crippen LogP contribution in [0.3, 0.4) is 0 Å². The lowest BCUT2D eigenvalue weighted by Crippen LogP contribution is -2.44. The maximum atomic E-state index is 11.2. The second kappa shape index (κ2) is 7.73. The molecule has 0 saturated carbocycles. The minimum Gasteiger partial charge on any atom is -0.339 e. The second-order valence-electron chi connectivity index (χ2n) is 6.10. The van der Waals surface area contributed by atoms with Crippen LogP contribution in [0.1, 0.15) is 25.2 Å². The number of hydrogen-bond acceptors (Lipinski definition) is 7. The Bertz CT molecular complexity index is 735. The highest BCUT2D eigenvalue weighted by Crippen LogP contribution is 2.21. The van der Waals surface area contributed by atoms with E-state index in [1.54, 1.807) is 11.3 Å². The largest absolute Gasteiger partial charge is 0.339 e. The fourth-order valence-corrected chi connectivity index (χ4v) is 4.38. The van der Waals surface area contributed by atoms with Crippen LogP contribution in [0.25, 0.3) is 10.7 Å². The van der Waals surface area contributed by atoms with Gasteiger partial charge in [-0.15, -0.1) is 11.3 Å². The van der Waals surface area contributed by atoms with E-state index in [0.717, 1.165) is 50.2 Å². The van der Waals surface area contributed by atoms with Gasteiger partial charge in [-0.2, -0.15) is 4.98 Å². The topological polar surface area (TPSA) is 88.3 Å². The van der Waals surface area contributed by atoms with Crippen molar-refractivity contribution < 1.29 is 12.9 Å². The highest BCUT2D eigenvalue weighted by Gasteiger charge is 2.21. The molecule has 0 radical (unpaired) electrons. The van der Waals surface area contributed by atoms with Crippen LogP contribution >= 0.6 is 11.3 Å². The smallest absolute Gasteiger partial charge is 0.227 e. The summed E-state index contributed by atoms with van der Waals surface area (Å²) in [5, 5.41) is 6.01. The van der Waals surface area contributed by atoms with Crippen LogP contribution in [-0.4, -0.2) is 55.4 Å². The molecule has 132 valence electrons. The fraction of sp³-hybridized carbons (Fsp3) is 0.600. The quantitative estimate of drug-likeness (QED) is 0.799. The molecule has 2 aromatic rings. The first kappa shape index (κ1) is 17.5. The van der Waals surface area contributed by atoms with Gasteiger partial charge in [0.15, 0.2) is 0 Å². The van der Waals surface area contributed by atoms with Crippen molar-refractivity contribution in [2.24, 2.45) is 0 Å². The number of piperidine rings is 1. The molecule has 1 aliphatic rings. The van der Waals surface area contributed by atoms with E-state index in [1.165, 1.54) is 6.26 Å². The molecule has 0 amide bonds. The molecule has 0 atom stereocenters.